The second-order valence-corrected chi connectivity index (χ2v) is 3.45. The fraction of sp³-hybridized carbons (Fsp3) is 0.273. The number of para-hydroxylation sites is 1. The van der Waals surface area contributed by atoms with Crippen LogP contribution in [0.4, 0.5) is 5.69 Å². The summed E-state index contributed by atoms with van der Waals surface area (Å²) in [7, 11) is 0. The van der Waals surface area contributed by atoms with Gasteiger partial charge in [0.25, 0.3) is 5.91 Å². The highest BCUT2D eigenvalue weighted by molar-refractivity contribution is 6.04. The molecule has 1 amide bonds. The first-order valence-electron chi connectivity index (χ1n) is 4.77. The summed E-state index contributed by atoms with van der Waals surface area (Å²) in [5.41, 5.74) is 1.16. The number of hydrogen-bond donors (Lipinski definition) is 0. The van der Waals surface area contributed by atoms with Crippen molar-refractivity contribution in [2.24, 2.45) is 5.29 Å². The van der Waals surface area contributed by atoms with E-state index in [4.69, 9.17) is 0 Å². The first-order valence-corrected chi connectivity index (χ1v) is 4.77. The maximum atomic E-state index is 11.5. The first-order chi connectivity index (χ1) is 7.56. The molecule has 84 valence electrons. The predicted molar refractivity (Wildman–Crippen MR) is 59.8 cm³/mol. The number of Topliss-reactive ketones (excluding diaryl/α,β-unsaturated/α-hetero) is 1. The molecule has 1 aromatic carbocycles. The van der Waals surface area contributed by atoms with E-state index in [1.165, 1.54) is 6.92 Å². The Hall–Kier alpha value is -2.04. The summed E-state index contributed by atoms with van der Waals surface area (Å²) in [5, 5.41) is 3.37. The van der Waals surface area contributed by atoms with E-state index in [1.807, 2.05) is 0 Å². The maximum absolute atomic E-state index is 11.5. The average molecular weight is 220 g/mol. The number of anilines is 1. The molecule has 0 spiro atoms. The Bertz CT molecular complexity index is 429. The summed E-state index contributed by atoms with van der Waals surface area (Å²) < 4.78 is 0. The summed E-state index contributed by atoms with van der Waals surface area (Å²) in [6.07, 6.45) is -0.319. The van der Waals surface area contributed by atoms with E-state index in [0.29, 0.717) is 5.69 Å². The molecule has 0 heterocycles. The lowest BCUT2D eigenvalue weighted by molar-refractivity contribution is -0.125. The van der Waals surface area contributed by atoms with Crippen molar-refractivity contribution >= 4 is 17.4 Å². The van der Waals surface area contributed by atoms with Crippen molar-refractivity contribution in [2.75, 3.05) is 5.01 Å². The standard InChI is InChI=1S/C11H12N2O3/c1-8-5-3-4-6-10(8)13(12-16)11(15)7-9(2)14/h3-6H,7H2,1-2H3. The number of amides is 1. The van der Waals surface area contributed by atoms with Gasteiger partial charge in [0.1, 0.15) is 5.78 Å². The first kappa shape index (κ1) is 12.0. The van der Waals surface area contributed by atoms with Crippen LogP contribution in [0.25, 0.3) is 0 Å². The molecule has 5 nitrogen and oxygen atoms in total. The molecule has 0 saturated heterocycles. The summed E-state index contributed by atoms with van der Waals surface area (Å²) in [5.74, 6) is -0.913. The number of carbonyl (C=O) groups is 2. The molecule has 0 aliphatic rings. The molecule has 0 aliphatic carbocycles. The number of hydrogen-bond acceptors (Lipinski definition) is 4. The Kier molecular flexibility index (Phi) is 3.88. The topological polar surface area (TPSA) is 66.8 Å². The lowest BCUT2D eigenvalue weighted by Gasteiger charge is -2.14. The smallest absolute Gasteiger partial charge is 0.257 e. The summed E-state index contributed by atoms with van der Waals surface area (Å²) in [6.45, 7) is 3.05. The van der Waals surface area contributed by atoms with Crippen molar-refractivity contribution in [3.63, 3.8) is 0 Å². The number of benzene rings is 1. The van der Waals surface area contributed by atoms with Gasteiger partial charge in [-0.15, -0.1) is 4.91 Å². The van der Waals surface area contributed by atoms with E-state index in [1.54, 1.807) is 31.2 Å². The van der Waals surface area contributed by atoms with Gasteiger partial charge in [-0.1, -0.05) is 18.2 Å². The molecule has 0 atom stereocenters. The zero-order chi connectivity index (χ0) is 12.1. The molecule has 0 N–H and O–H groups in total. The number of ketones is 1. The molecule has 1 aromatic rings. The Labute approximate surface area is 93.0 Å². The van der Waals surface area contributed by atoms with Gasteiger partial charge in [0.05, 0.1) is 17.4 Å². The molecule has 0 aromatic heterocycles. The van der Waals surface area contributed by atoms with Crippen LogP contribution in [-0.2, 0) is 9.59 Å². The molecule has 0 aliphatic heterocycles. The van der Waals surface area contributed by atoms with Gasteiger partial charge in [-0.3, -0.25) is 9.59 Å². The zero-order valence-electron chi connectivity index (χ0n) is 9.14. The highest BCUT2D eigenvalue weighted by atomic mass is 16.3. The molecular formula is C11H12N2O3. The van der Waals surface area contributed by atoms with Crippen LogP contribution in [0.3, 0.4) is 0 Å². The van der Waals surface area contributed by atoms with E-state index in [-0.39, 0.29) is 12.2 Å². The van der Waals surface area contributed by atoms with Crippen LogP contribution in [0.1, 0.15) is 18.9 Å². The molecule has 0 saturated carbocycles. The van der Waals surface area contributed by atoms with E-state index in [0.717, 1.165) is 10.6 Å². The summed E-state index contributed by atoms with van der Waals surface area (Å²) >= 11 is 0. The maximum Gasteiger partial charge on any atom is 0.257 e. The monoisotopic (exact) mass is 220 g/mol. The van der Waals surface area contributed by atoms with Gasteiger partial charge < -0.3 is 0 Å². The van der Waals surface area contributed by atoms with Crippen LogP contribution in [0.15, 0.2) is 29.6 Å². The fourth-order valence-corrected chi connectivity index (χ4v) is 1.31. The quantitative estimate of drug-likeness (QED) is 0.442. The summed E-state index contributed by atoms with van der Waals surface area (Å²) in [6, 6.07) is 6.85. The zero-order valence-corrected chi connectivity index (χ0v) is 9.14. The Morgan fingerprint density at radius 2 is 1.94 bits per heavy atom. The normalized spacial score (nSPS) is 9.62. The lowest BCUT2D eigenvalue weighted by atomic mass is 10.2. The third-order valence-electron chi connectivity index (χ3n) is 2.06. The van der Waals surface area contributed by atoms with Gasteiger partial charge >= 0.3 is 0 Å². The fourth-order valence-electron chi connectivity index (χ4n) is 1.31. The molecule has 16 heavy (non-hydrogen) atoms. The minimum atomic E-state index is -0.614. The van der Waals surface area contributed by atoms with E-state index in [9.17, 15) is 14.5 Å². The SMILES string of the molecule is CC(=O)CC(=O)N(N=O)c1ccccc1C. The molecule has 0 bridgehead atoms. The van der Waals surface area contributed by atoms with Gasteiger partial charge in [-0.2, -0.15) is 5.01 Å². The van der Waals surface area contributed by atoms with Crippen molar-refractivity contribution in [1.29, 1.82) is 0 Å². The summed E-state index contributed by atoms with van der Waals surface area (Å²) in [4.78, 5) is 33.0. The Morgan fingerprint density at radius 1 is 1.31 bits per heavy atom. The van der Waals surface area contributed by atoms with Crippen molar-refractivity contribution in [3.8, 4) is 0 Å². The van der Waals surface area contributed by atoms with Crippen LogP contribution in [-0.4, -0.2) is 11.7 Å². The van der Waals surface area contributed by atoms with Crippen LogP contribution in [0, 0.1) is 11.8 Å². The van der Waals surface area contributed by atoms with Crippen LogP contribution in [0.2, 0.25) is 0 Å². The lowest BCUT2D eigenvalue weighted by Crippen LogP contribution is -2.26. The van der Waals surface area contributed by atoms with E-state index < -0.39 is 5.91 Å². The number of rotatable bonds is 4. The van der Waals surface area contributed by atoms with Gasteiger partial charge in [-0.25, -0.2) is 0 Å². The Balaban J connectivity index is 2.99. The van der Waals surface area contributed by atoms with Gasteiger partial charge in [-0.05, 0) is 25.5 Å². The molecule has 0 fully saturated rings. The molecule has 0 radical (unpaired) electrons. The van der Waals surface area contributed by atoms with Crippen molar-refractivity contribution in [1.82, 2.24) is 0 Å². The van der Waals surface area contributed by atoms with Crippen molar-refractivity contribution in [2.45, 2.75) is 20.3 Å². The minimum absolute atomic E-state index is 0.299. The second-order valence-electron chi connectivity index (χ2n) is 3.45. The molecular weight excluding hydrogens is 208 g/mol. The molecule has 1 rings (SSSR count). The highest BCUT2D eigenvalue weighted by Gasteiger charge is 2.19. The van der Waals surface area contributed by atoms with Crippen LogP contribution in [0.5, 0.6) is 0 Å². The minimum Gasteiger partial charge on any atom is -0.299 e. The number of aryl methyl sites for hydroxylation is 1. The number of nitroso groups, excluding NO2 is 1. The number of carbonyl (C=O) groups excluding carboxylic acids is 2. The van der Waals surface area contributed by atoms with Crippen LogP contribution >= 0.6 is 0 Å². The molecule has 0 unspecified atom stereocenters. The van der Waals surface area contributed by atoms with Crippen molar-refractivity contribution < 1.29 is 9.59 Å². The van der Waals surface area contributed by atoms with E-state index in [2.05, 4.69) is 5.29 Å². The second kappa shape index (κ2) is 5.16. The Morgan fingerprint density at radius 3 is 2.44 bits per heavy atom. The van der Waals surface area contributed by atoms with Gasteiger partial charge in [0.2, 0.25) is 0 Å². The average Bonchev–Trinajstić information content (AvgIpc) is 2.20. The predicted octanol–water partition coefficient (Wildman–Crippen LogP) is 1.99. The third kappa shape index (κ3) is 2.73. The number of nitrogens with zero attached hydrogens (tertiary/aromatic N) is 2. The van der Waals surface area contributed by atoms with Crippen LogP contribution < -0.4 is 5.01 Å². The van der Waals surface area contributed by atoms with E-state index >= 15 is 0 Å². The highest BCUT2D eigenvalue weighted by Crippen LogP contribution is 2.20. The third-order valence-corrected chi connectivity index (χ3v) is 2.06. The largest absolute Gasteiger partial charge is 0.299 e. The molecule has 5 heteroatoms. The van der Waals surface area contributed by atoms with Gasteiger partial charge in [0, 0.05) is 0 Å². The van der Waals surface area contributed by atoms with Crippen molar-refractivity contribution in [3.05, 3.63) is 34.7 Å². The van der Waals surface area contributed by atoms with Gasteiger partial charge in [0.15, 0.2) is 0 Å².